The predicted octanol–water partition coefficient (Wildman–Crippen LogP) is 0.0194. The molecule has 11 heavy (non-hydrogen) atoms. The standard InChI is InChI=1S/C5H4BClINO2/c7-4-1-5(8)9-2-3(4)6(10)11/h1-2,10-11H. The van der Waals surface area contributed by atoms with Gasteiger partial charge in [0.15, 0.2) is 0 Å². The zero-order valence-corrected chi connectivity index (χ0v) is 8.24. The molecule has 1 aromatic rings. The Labute approximate surface area is 82.7 Å². The smallest absolute Gasteiger partial charge is 0.423 e. The van der Waals surface area contributed by atoms with E-state index in [9.17, 15) is 0 Å². The molecule has 0 bridgehead atoms. The number of hydrogen-bond acceptors (Lipinski definition) is 3. The first-order valence-electron chi connectivity index (χ1n) is 2.78. The lowest BCUT2D eigenvalue weighted by atomic mass is 9.82. The van der Waals surface area contributed by atoms with Crippen LogP contribution in [0.3, 0.4) is 0 Å². The van der Waals surface area contributed by atoms with E-state index in [4.69, 9.17) is 21.6 Å². The summed E-state index contributed by atoms with van der Waals surface area (Å²) in [6.07, 6.45) is 1.34. The molecule has 0 saturated heterocycles. The number of nitrogens with zero attached hydrogens (tertiary/aromatic N) is 1. The summed E-state index contributed by atoms with van der Waals surface area (Å²) in [5, 5.41) is 17.8. The molecule has 3 nitrogen and oxygen atoms in total. The Morgan fingerprint density at radius 3 is 2.64 bits per heavy atom. The Bertz CT molecular complexity index is 271. The number of rotatable bonds is 1. The maximum atomic E-state index is 8.72. The molecule has 0 atom stereocenters. The van der Waals surface area contributed by atoms with Crippen molar-refractivity contribution in [3.8, 4) is 0 Å². The highest BCUT2D eigenvalue weighted by Gasteiger charge is 2.15. The third kappa shape index (κ3) is 2.29. The highest BCUT2D eigenvalue weighted by atomic mass is 127. The van der Waals surface area contributed by atoms with E-state index in [1.165, 1.54) is 6.20 Å². The topological polar surface area (TPSA) is 53.4 Å². The molecule has 0 fully saturated rings. The molecule has 0 amide bonds. The van der Waals surface area contributed by atoms with Gasteiger partial charge >= 0.3 is 7.12 Å². The van der Waals surface area contributed by atoms with Gasteiger partial charge in [-0.1, -0.05) is 11.6 Å². The lowest BCUT2D eigenvalue weighted by Crippen LogP contribution is -2.31. The molecule has 0 aliphatic heterocycles. The van der Waals surface area contributed by atoms with Crippen LogP contribution in [0.2, 0.25) is 5.02 Å². The van der Waals surface area contributed by atoms with Crippen molar-refractivity contribution < 1.29 is 10.0 Å². The van der Waals surface area contributed by atoms with Crippen molar-refractivity contribution in [1.29, 1.82) is 0 Å². The first kappa shape index (κ1) is 9.24. The fourth-order valence-electron chi connectivity index (χ4n) is 0.608. The minimum atomic E-state index is -1.55. The molecule has 2 N–H and O–H groups in total. The van der Waals surface area contributed by atoms with Crippen molar-refractivity contribution in [2.45, 2.75) is 0 Å². The Kier molecular flexibility index (Phi) is 3.11. The summed E-state index contributed by atoms with van der Waals surface area (Å²) in [7, 11) is -1.55. The summed E-state index contributed by atoms with van der Waals surface area (Å²) in [6, 6.07) is 1.57. The summed E-state index contributed by atoms with van der Waals surface area (Å²) in [5.74, 6) is 0. The van der Waals surface area contributed by atoms with Crippen molar-refractivity contribution in [3.05, 3.63) is 21.0 Å². The van der Waals surface area contributed by atoms with Crippen LogP contribution in [0.25, 0.3) is 0 Å². The average Bonchev–Trinajstić information content (AvgIpc) is 1.85. The van der Waals surface area contributed by atoms with Gasteiger partial charge in [0, 0.05) is 16.7 Å². The van der Waals surface area contributed by atoms with Crippen molar-refractivity contribution in [3.63, 3.8) is 0 Å². The van der Waals surface area contributed by atoms with E-state index in [0.29, 0.717) is 5.02 Å². The zero-order chi connectivity index (χ0) is 8.43. The van der Waals surface area contributed by atoms with E-state index in [0.717, 1.165) is 3.70 Å². The van der Waals surface area contributed by atoms with Gasteiger partial charge in [0.1, 0.15) is 3.70 Å². The van der Waals surface area contributed by atoms with E-state index in [1.807, 2.05) is 22.6 Å². The second-order valence-corrected chi connectivity index (χ2v) is 3.41. The van der Waals surface area contributed by atoms with Crippen LogP contribution >= 0.6 is 34.2 Å². The largest absolute Gasteiger partial charge is 0.491 e. The maximum Gasteiger partial charge on any atom is 0.491 e. The molecule has 0 aliphatic carbocycles. The highest BCUT2D eigenvalue weighted by molar-refractivity contribution is 14.1. The van der Waals surface area contributed by atoms with Gasteiger partial charge in [0.2, 0.25) is 0 Å². The normalized spacial score (nSPS) is 9.82. The van der Waals surface area contributed by atoms with Crippen LogP contribution < -0.4 is 5.46 Å². The monoisotopic (exact) mass is 283 g/mol. The van der Waals surface area contributed by atoms with Crippen molar-refractivity contribution >= 4 is 46.8 Å². The van der Waals surface area contributed by atoms with Crippen LogP contribution in [0.5, 0.6) is 0 Å². The van der Waals surface area contributed by atoms with Gasteiger partial charge < -0.3 is 10.0 Å². The molecule has 6 heteroatoms. The van der Waals surface area contributed by atoms with Gasteiger partial charge in [-0.3, -0.25) is 4.98 Å². The van der Waals surface area contributed by atoms with Crippen LogP contribution in [0.15, 0.2) is 12.3 Å². The van der Waals surface area contributed by atoms with E-state index >= 15 is 0 Å². The van der Waals surface area contributed by atoms with Crippen LogP contribution in [0.4, 0.5) is 0 Å². The third-order valence-electron chi connectivity index (χ3n) is 1.13. The molecule has 1 heterocycles. The fourth-order valence-corrected chi connectivity index (χ4v) is 1.49. The van der Waals surface area contributed by atoms with Gasteiger partial charge in [-0.15, -0.1) is 0 Å². The van der Waals surface area contributed by atoms with Gasteiger partial charge in [0.05, 0.1) is 0 Å². The molecule has 0 aromatic carbocycles. The fraction of sp³-hybridized carbons (Fsp3) is 0. The molecule has 0 spiro atoms. The van der Waals surface area contributed by atoms with Crippen molar-refractivity contribution in [2.75, 3.05) is 0 Å². The molecule has 0 radical (unpaired) electrons. The summed E-state index contributed by atoms with van der Waals surface area (Å²) in [4.78, 5) is 3.84. The number of hydrogen-bond donors (Lipinski definition) is 2. The van der Waals surface area contributed by atoms with Crippen molar-refractivity contribution in [2.24, 2.45) is 0 Å². The average molecular weight is 283 g/mol. The lowest BCUT2D eigenvalue weighted by Gasteiger charge is -2.00. The Hall–Kier alpha value is 0.155. The van der Waals surface area contributed by atoms with Gasteiger partial charge in [-0.05, 0) is 28.7 Å². The summed E-state index contributed by atoms with van der Waals surface area (Å²) in [6.45, 7) is 0. The summed E-state index contributed by atoms with van der Waals surface area (Å²) < 4.78 is 0.719. The second kappa shape index (κ2) is 3.71. The van der Waals surface area contributed by atoms with Crippen molar-refractivity contribution in [1.82, 2.24) is 4.98 Å². The molecular weight excluding hydrogens is 279 g/mol. The molecule has 1 rings (SSSR count). The number of halogens is 2. The Balaban J connectivity index is 3.09. The predicted molar refractivity (Wildman–Crippen MR) is 51.8 cm³/mol. The molecule has 58 valence electrons. The van der Waals surface area contributed by atoms with Crippen LogP contribution in [0.1, 0.15) is 0 Å². The SMILES string of the molecule is OB(O)c1cnc(I)cc1Cl. The van der Waals surface area contributed by atoms with E-state index < -0.39 is 7.12 Å². The van der Waals surface area contributed by atoms with Crippen LogP contribution in [-0.4, -0.2) is 22.2 Å². The Morgan fingerprint density at radius 2 is 2.18 bits per heavy atom. The van der Waals surface area contributed by atoms with E-state index in [-0.39, 0.29) is 5.46 Å². The highest BCUT2D eigenvalue weighted by Crippen LogP contribution is 2.08. The third-order valence-corrected chi connectivity index (χ3v) is 2.04. The zero-order valence-electron chi connectivity index (χ0n) is 5.33. The molecule has 0 unspecified atom stereocenters. The molecule has 0 saturated carbocycles. The summed E-state index contributed by atoms with van der Waals surface area (Å²) in [5.41, 5.74) is 0.229. The first-order valence-corrected chi connectivity index (χ1v) is 4.24. The van der Waals surface area contributed by atoms with Gasteiger partial charge in [0.25, 0.3) is 0 Å². The maximum absolute atomic E-state index is 8.72. The molecular formula is C5H4BClINO2. The lowest BCUT2D eigenvalue weighted by molar-refractivity contribution is 0.425. The molecule has 0 aliphatic rings. The Morgan fingerprint density at radius 1 is 1.55 bits per heavy atom. The van der Waals surface area contributed by atoms with Gasteiger partial charge in [-0.2, -0.15) is 0 Å². The summed E-state index contributed by atoms with van der Waals surface area (Å²) >= 11 is 7.65. The minimum absolute atomic E-state index is 0.229. The van der Waals surface area contributed by atoms with E-state index in [1.54, 1.807) is 6.07 Å². The van der Waals surface area contributed by atoms with Crippen LogP contribution in [0, 0.1) is 3.70 Å². The first-order chi connectivity index (χ1) is 5.11. The number of pyridine rings is 1. The quantitative estimate of drug-likeness (QED) is 0.434. The van der Waals surface area contributed by atoms with Gasteiger partial charge in [-0.25, -0.2) is 0 Å². The second-order valence-electron chi connectivity index (χ2n) is 1.90. The van der Waals surface area contributed by atoms with E-state index in [2.05, 4.69) is 4.98 Å². The minimum Gasteiger partial charge on any atom is -0.423 e. The molecule has 1 aromatic heterocycles. The number of aromatic nitrogens is 1. The van der Waals surface area contributed by atoms with Crippen LogP contribution in [-0.2, 0) is 0 Å².